The van der Waals surface area contributed by atoms with Crippen molar-refractivity contribution in [3.05, 3.63) is 64.6 Å². The Labute approximate surface area is 151 Å². The maximum absolute atomic E-state index is 12.7. The van der Waals surface area contributed by atoms with E-state index in [9.17, 15) is 18.0 Å². The molecule has 6 nitrogen and oxygen atoms in total. The molecule has 0 unspecified atom stereocenters. The summed E-state index contributed by atoms with van der Waals surface area (Å²) in [7, 11) is 1.27. The second kappa shape index (κ2) is 6.83. The second-order valence-electron chi connectivity index (χ2n) is 5.52. The number of carbonyl (C=O) groups is 1. The molecule has 0 saturated carbocycles. The van der Waals surface area contributed by atoms with Gasteiger partial charge in [0.1, 0.15) is 5.69 Å². The van der Waals surface area contributed by atoms with E-state index in [1.54, 1.807) is 29.1 Å². The van der Waals surface area contributed by atoms with Gasteiger partial charge in [0.15, 0.2) is 11.5 Å². The Balaban J connectivity index is 1.71. The van der Waals surface area contributed by atoms with E-state index in [1.807, 2.05) is 12.1 Å². The fraction of sp³-hybridized carbons (Fsp3) is 0.188. The van der Waals surface area contributed by atoms with Crippen LogP contribution in [-0.2, 0) is 19.8 Å². The Bertz CT molecular complexity index is 948. The maximum atomic E-state index is 12.7. The number of alkyl halides is 3. The molecule has 0 saturated heterocycles. The third kappa shape index (κ3) is 4.05. The number of amides is 1. The number of aryl methyl sites for hydroxylation is 1. The largest absolute Gasteiger partial charge is 0.435 e. The van der Waals surface area contributed by atoms with Crippen LogP contribution in [0.5, 0.6) is 0 Å². The summed E-state index contributed by atoms with van der Waals surface area (Å²) >= 11 is 5.93. The third-order valence-electron chi connectivity index (χ3n) is 3.52. The minimum atomic E-state index is -4.62. The molecule has 0 aliphatic carbocycles. The summed E-state index contributed by atoms with van der Waals surface area (Å²) in [6.07, 6.45) is -2.98. The molecule has 0 bridgehead atoms. The van der Waals surface area contributed by atoms with Gasteiger partial charge in [0, 0.05) is 30.4 Å². The highest BCUT2D eigenvalue weighted by Gasteiger charge is 2.35. The highest BCUT2D eigenvalue weighted by atomic mass is 35.5. The minimum Gasteiger partial charge on any atom is -0.304 e. The lowest BCUT2D eigenvalue weighted by Gasteiger charge is -2.03. The van der Waals surface area contributed by atoms with Gasteiger partial charge in [0.2, 0.25) is 0 Å². The molecule has 1 amide bonds. The number of nitrogens with zero attached hydrogens (tertiary/aromatic N) is 4. The summed E-state index contributed by atoms with van der Waals surface area (Å²) in [5.74, 6) is -0.518. The Morgan fingerprint density at radius 3 is 2.65 bits per heavy atom. The fourth-order valence-electron chi connectivity index (χ4n) is 2.34. The van der Waals surface area contributed by atoms with Gasteiger partial charge in [-0.2, -0.15) is 23.4 Å². The van der Waals surface area contributed by atoms with Crippen molar-refractivity contribution >= 4 is 23.3 Å². The molecule has 3 aromatic rings. The molecule has 0 aliphatic heterocycles. The lowest BCUT2D eigenvalue weighted by molar-refractivity contribution is -0.141. The van der Waals surface area contributed by atoms with Crippen LogP contribution < -0.4 is 5.32 Å². The van der Waals surface area contributed by atoms with E-state index in [0.29, 0.717) is 17.6 Å². The van der Waals surface area contributed by atoms with Crippen LogP contribution in [0.2, 0.25) is 5.02 Å². The summed E-state index contributed by atoms with van der Waals surface area (Å²) in [4.78, 5) is 12.2. The zero-order valence-electron chi connectivity index (χ0n) is 13.5. The molecule has 1 N–H and O–H groups in total. The highest BCUT2D eigenvalue weighted by molar-refractivity contribution is 6.30. The van der Waals surface area contributed by atoms with Crippen LogP contribution in [-0.4, -0.2) is 25.5 Å². The quantitative estimate of drug-likeness (QED) is 0.748. The minimum absolute atomic E-state index is 0.215. The number of hydrogen-bond acceptors (Lipinski definition) is 3. The van der Waals surface area contributed by atoms with E-state index in [4.69, 9.17) is 11.6 Å². The molecule has 0 radical (unpaired) electrons. The lowest BCUT2D eigenvalue weighted by atomic mass is 10.2. The molecule has 2 heterocycles. The molecule has 0 fully saturated rings. The van der Waals surface area contributed by atoms with Crippen molar-refractivity contribution < 1.29 is 18.0 Å². The molecule has 26 heavy (non-hydrogen) atoms. The summed E-state index contributed by atoms with van der Waals surface area (Å²) in [6.45, 7) is 0.431. The number of hydrogen-bond donors (Lipinski definition) is 1. The van der Waals surface area contributed by atoms with Crippen molar-refractivity contribution in [1.29, 1.82) is 0 Å². The van der Waals surface area contributed by atoms with Gasteiger partial charge in [-0.25, -0.2) is 0 Å². The second-order valence-corrected chi connectivity index (χ2v) is 5.96. The first-order chi connectivity index (χ1) is 12.2. The highest BCUT2D eigenvalue weighted by Crippen LogP contribution is 2.28. The van der Waals surface area contributed by atoms with Gasteiger partial charge in [-0.15, -0.1) is 0 Å². The number of nitrogens with one attached hydrogen (secondary N) is 1. The van der Waals surface area contributed by atoms with Crippen LogP contribution in [0.15, 0.2) is 42.6 Å². The van der Waals surface area contributed by atoms with Crippen LogP contribution in [0.4, 0.5) is 19.0 Å². The molecule has 2 aromatic heterocycles. The first kappa shape index (κ1) is 18.0. The van der Waals surface area contributed by atoms with Crippen molar-refractivity contribution in [2.75, 3.05) is 5.32 Å². The zero-order chi connectivity index (χ0) is 18.9. The average molecular weight is 384 g/mol. The summed E-state index contributed by atoms with van der Waals surface area (Å²) < 4.78 is 40.5. The summed E-state index contributed by atoms with van der Waals surface area (Å²) in [5.41, 5.74) is -0.432. The van der Waals surface area contributed by atoms with Crippen molar-refractivity contribution in [2.24, 2.45) is 7.05 Å². The van der Waals surface area contributed by atoms with E-state index in [-0.39, 0.29) is 11.5 Å². The number of halogens is 4. The molecule has 10 heteroatoms. The van der Waals surface area contributed by atoms with Crippen molar-refractivity contribution in [3.8, 4) is 0 Å². The molecule has 0 atom stereocenters. The SMILES string of the molecule is Cn1nc(C(F)(F)F)cc1C(=O)Nc1ccn(Cc2cccc(Cl)c2)n1. The van der Waals surface area contributed by atoms with Crippen LogP contribution in [0.25, 0.3) is 0 Å². The molecule has 0 aliphatic rings. The number of rotatable bonds is 4. The predicted molar refractivity (Wildman–Crippen MR) is 88.9 cm³/mol. The van der Waals surface area contributed by atoms with Crippen LogP contribution in [0, 0.1) is 0 Å². The molecular weight excluding hydrogens is 371 g/mol. The molecule has 136 valence electrons. The molecule has 0 spiro atoms. The van der Waals surface area contributed by atoms with Crippen molar-refractivity contribution in [3.63, 3.8) is 0 Å². The van der Waals surface area contributed by atoms with Gasteiger partial charge in [-0.3, -0.25) is 14.2 Å². The summed E-state index contributed by atoms with van der Waals surface area (Å²) in [6, 6.07) is 9.46. The number of benzene rings is 1. The lowest BCUT2D eigenvalue weighted by Crippen LogP contribution is -2.16. The van der Waals surface area contributed by atoms with E-state index >= 15 is 0 Å². The third-order valence-corrected chi connectivity index (χ3v) is 3.75. The van der Waals surface area contributed by atoms with Gasteiger partial charge in [-0.05, 0) is 17.7 Å². The van der Waals surface area contributed by atoms with E-state index < -0.39 is 17.8 Å². The van der Waals surface area contributed by atoms with Crippen LogP contribution >= 0.6 is 11.6 Å². The number of anilines is 1. The Morgan fingerprint density at radius 1 is 1.23 bits per heavy atom. The van der Waals surface area contributed by atoms with E-state index in [1.165, 1.54) is 7.05 Å². The zero-order valence-corrected chi connectivity index (χ0v) is 14.2. The number of carbonyl (C=O) groups excluding carboxylic acids is 1. The monoisotopic (exact) mass is 383 g/mol. The van der Waals surface area contributed by atoms with E-state index in [2.05, 4.69) is 15.5 Å². The summed E-state index contributed by atoms with van der Waals surface area (Å²) in [5, 5.41) is 10.5. The fourth-order valence-corrected chi connectivity index (χ4v) is 2.55. The van der Waals surface area contributed by atoms with Gasteiger partial charge < -0.3 is 5.32 Å². The standard InChI is InChI=1S/C16H13ClF3N5O/c1-24-12(8-13(22-24)16(18,19)20)15(26)21-14-5-6-25(23-14)9-10-3-2-4-11(17)7-10/h2-8H,9H2,1H3,(H,21,23,26). The molecular formula is C16H13ClF3N5O. The first-order valence-electron chi connectivity index (χ1n) is 7.43. The van der Waals surface area contributed by atoms with Crippen LogP contribution in [0.3, 0.4) is 0 Å². The smallest absolute Gasteiger partial charge is 0.304 e. The van der Waals surface area contributed by atoms with Crippen molar-refractivity contribution in [1.82, 2.24) is 19.6 Å². The first-order valence-corrected chi connectivity index (χ1v) is 7.80. The van der Waals surface area contributed by atoms with Crippen molar-refractivity contribution in [2.45, 2.75) is 12.7 Å². The maximum Gasteiger partial charge on any atom is 0.435 e. The van der Waals surface area contributed by atoms with Crippen LogP contribution in [0.1, 0.15) is 21.7 Å². The Kier molecular flexibility index (Phi) is 4.73. The normalized spacial score (nSPS) is 11.6. The topological polar surface area (TPSA) is 64.7 Å². The number of aromatic nitrogens is 4. The Hall–Kier alpha value is -2.81. The average Bonchev–Trinajstić information content (AvgIpc) is 3.13. The van der Waals surface area contributed by atoms with E-state index in [0.717, 1.165) is 10.2 Å². The van der Waals surface area contributed by atoms with Gasteiger partial charge in [0.05, 0.1) is 6.54 Å². The van der Waals surface area contributed by atoms with Gasteiger partial charge >= 0.3 is 6.18 Å². The molecule has 1 aromatic carbocycles. The van der Waals surface area contributed by atoms with Gasteiger partial charge in [-0.1, -0.05) is 23.7 Å². The predicted octanol–water partition coefficient (Wildman–Crippen LogP) is 3.59. The Morgan fingerprint density at radius 2 is 2.00 bits per heavy atom. The molecule has 3 rings (SSSR count). The van der Waals surface area contributed by atoms with Gasteiger partial charge in [0.25, 0.3) is 5.91 Å².